The number of fused-ring (bicyclic) bond motifs is 1. The zero-order valence-corrected chi connectivity index (χ0v) is 10.2. The van der Waals surface area contributed by atoms with E-state index in [0.717, 1.165) is 13.0 Å². The Morgan fingerprint density at radius 1 is 1.06 bits per heavy atom. The Balaban J connectivity index is 1.93. The lowest BCUT2D eigenvalue weighted by Gasteiger charge is -2.07. The highest BCUT2D eigenvalue weighted by Crippen LogP contribution is 2.18. The third-order valence-corrected chi connectivity index (χ3v) is 2.97. The Hall–Kier alpha value is -1.87. The summed E-state index contributed by atoms with van der Waals surface area (Å²) in [6.45, 7) is 1.33. The average Bonchev–Trinajstić information content (AvgIpc) is 2.38. The van der Waals surface area contributed by atoms with Crippen molar-refractivity contribution < 1.29 is 9.90 Å². The summed E-state index contributed by atoms with van der Waals surface area (Å²) in [6.07, 6.45) is 1.09. The van der Waals surface area contributed by atoms with Crippen LogP contribution in [-0.4, -0.2) is 24.2 Å². The molecule has 18 heavy (non-hydrogen) atoms. The Kier molecular flexibility index (Phi) is 4.31. The summed E-state index contributed by atoms with van der Waals surface area (Å²) < 4.78 is 0. The minimum Gasteiger partial charge on any atom is -0.481 e. The minimum absolute atomic E-state index is 0.176. The molecule has 2 rings (SSSR count). The molecule has 3 heteroatoms. The summed E-state index contributed by atoms with van der Waals surface area (Å²) in [5.74, 6) is -0.757. The van der Waals surface area contributed by atoms with Gasteiger partial charge < -0.3 is 10.4 Å². The maximum atomic E-state index is 10.4. The van der Waals surface area contributed by atoms with E-state index in [1.54, 1.807) is 0 Å². The van der Waals surface area contributed by atoms with Gasteiger partial charge in [0.15, 0.2) is 0 Å². The van der Waals surface area contributed by atoms with Crippen molar-refractivity contribution in [1.82, 2.24) is 5.32 Å². The van der Waals surface area contributed by atoms with Gasteiger partial charge in [0.05, 0.1) is 6.42 Å². The van der Waals surface area contributed by atoms with Crippen molar-refractivity contribution >= 4 is 16.7 Å². The number of nitrogens with one attached hydrogen (secondary N) is 1. The van der Waals surface area contributed by atoms with Crippen LogP contribution in [0.2, 0.25) is 0 Å². The molecule has 2 aromatic rings. The summed E-state index contributed by atoms with van der Waals surface area (Å²) in [5, 5.41) is 14.2. The van der Waals surface area contributed by atoms with E-state index in [-0.39, 0.29) is 6.42 Å². The van der Waals surface area contributed by atoms with E-state index < -0.39 is 5.97 Å². The highest BCUT2D eigenvalue weighted by Gasteiger charge is 2.00. The smallest absolute Gasteiger partial charge is 0.304 e. The SMILES string of the molecule is O=C(O)CCNCCc1cccc2ccccc12. The van der Waals surface area contributed by atoms with E-state index in [9.17, 15) is 4.79 Å². The minimum atomic E-state index is -0.757. The van der Waals surface area contributed by atoms with Gasteiger partial charge in [-0.2, -0.15) is 0 Å². The van der Waals surface area contributed by atoms with Crippen molar-refractivity contribution in [2.75, 3.05) is 13.1 Å². The predicted molar refractivity (Wildman–Crippen MR) is 72.8 cm³/mol. The molecule has 0 spiro atoms. The second-order valence-electron chi connectivity index (χ2n) is 4.28. The first-order valence-electron chi connectivity index (χ1n) is 6.16. The number of benzene rings is 2. The lowest BCUT2D eigenvalue weighted by atomic mass is 10.0. The molecule has 0 fully saturated rings. The number of hydrogen-bond donors (Lipinski definition) is 2. The third kappa shape index (κ3) is 3.31. The molecule has 0 radical (unpaired) electrons. The number of hydrogen-bond acceptors (Lipinski definition) is 2. The molecular formula is C15H17NO2. The Bertz CT molecular complexity index is 532. The number of rotatable bonds is 6. The number of carboxylic acid groups (broad SMARTS) is 1. The van der Waals surface area contributed by atoms with Crippen LogP contribution in [-0.2, 0) is 11.2 Å². The van der Waals surface area contributed by atoms with Gasteiger partial charge in [0.2, 0.25) is 0 Å². The molecule has 0 bridgehead atoms. The zero-order valence-electron chi connectivity index (χ0n) is 10.2. The van der Waals surface area contributed by atoms with Gasteiger partial charge in [-0.05, 0) is 29.3 Å². The Morgan fingerprint density at radius 3 is 2.67 bits per heavy atom. The van der Waals surface area contributed by atoms with Crippen molar-refractivity contribution in [1.29, 1.82) is 0 Å². The van der Waals surface area contributed by atoms with Crippen LogP contribution in [0.15, 0.2) is 42.5 Å². The van der Waals surface area contributed by atoms with Crippen LogP contribution in [0.3, 0.4) is 0 Å². The summed E-state index contributed by atoms with van der Waals surface area (Å²) in [4.78, 5) is 10.4. The highest BCUT2D eigenvalue weighted by molar-refractivity contribution is 5.85. The van der Waals surface area contributed by atoms with Crippen molar-refractivity contribution in [2.45, 2.75) is 12.8 Å². The van der Waals surface area contributed by atoms with E-state index in [2.05, 4.69) is 35.6 Å². The van der Waals surface area contributed by atoms with E-state index in [4.69, 9.17) is 5.11 Å². The summed E-state index contributed by atoms with van der Waals surface area (Å²) in [5.41, 5.74) is 1.30. The van der Waals surface area contributed by atoms with Crippen LogP contribution in [0.5, 0.6) is 0 Å². The molecule has 0 aliphatic rings. The van der Waals surface area contributed by atoms with Crippen LogP contribution in [0.25, 0.3) is 10.8 Å². The second kappa shape index (κ2) is 6.17. The molecule has 0 heterocycles. The van der Waals surface area contributed by atoms with Gasteiger partial charge in [-0.25, -0.2) is 0 Å². The van der Waals surface area contributed by atoms with E-state index in [1.165, 1.54) is 16.3 Å². The van der Waals surface area contributed by atoms with Gasteiger partial charge in [0.1, 0.15) is 0 Å². The lowest BCUT2D eigenvalue weighted by Crippen LogP contribution is -2.20. The average molecular weight is 243 g/mol. The zero-order chi connectivity index (χ0) is 12.8. The topological polar surface area (TPSA) is 49.3 Å². The quantitative estimate of drug-likeness (QED) is 0.766. The van der Waals surface area contributed by atoms with E-state index in [0.29, 0.717) is 6.54 Å². The normalized spacial score (nSPS) is 10.7. The molecule has 3 nitrogen and oxygen atoms in total. The molecule has 0 aliphatic heterocycles. The molecule has 0 amide bonds. The van der Waals surface area contributed by atoms with Crippen molar-refractivity contribution in [3.05, 3.63) is 48.0 Å². The fraction of sp³-hybridized carbons (Fsp3) is 0.267. The van der Waals surface area contributed by atoms with Gasteiger partial charge in [-0.3, -0.25) is 4.79 Å². The Labute approximate surface area is 106 Å². The molecule has 0 aromatic heterocycles. The summed E-state index contributed by atoms with van der Waals surface area (Å²) in [6, 6.07) is 14.6. The van der Waals surface area contributed by atoms with Crippen LogP contribution >= 0.6 is 0 Å². The van der Waals surface area contributed by atoms with Crippen LogP contribution in [0, 0.1) is 0 Å². The van der Waals surface area contributed by atoms with Crippen LogP contribution < -0.4 is 5.32 Å². The van der Waals surface area contributed by atoms with Gasteiger partial charge >= 0.3 is 5.97 Å². The predicted octanol–water partition coefficient (Wildman–Crippen LogP) is 2.45. The fourth-order valence-corrected chi connectivity index (χ4v) is 2.05. The second-order valence-corrected chi connectivity index (χ2v) is 4.28. The van der Waals surface area contributed by atoms with Gasteiger partial charge in [-0.1, -0.05) is 42.5 Å². The largest absolute Gasteiger partial charge is 0.481 e. The summed E-state index contributed by atoms with van der Waals surface area (Å²) in [7, 11) is 0. The van der Waals surface area contributed by atoms with Crippen molar-refractivity contribution in [3.8, 4) is 0 Å². The maximum Gasteiger partial charge on any atom is 0.304 e. The first kappa shape index (κ1) is 12.6. The highest BCUT2D eigenvalue weighted by atomic mass is 16.4. The lowest BCUT2D eigenvalue weighted by molar-refractivity contribution is -0.136. The van der Waals surface area contributed by atoms with E-state index in [1.807, 2.05) is 12.1 Å². The molecule has 94 valence electrons. The number of aliphatic carboxylic acids is 1. The third-order valence-electron chi connectivity index (χ3n) is 2.97. The van der Waals surface area contributed by atoms with E-state index >= 15 is 0 Å². The van der Waals surface area contributed by atoms with Crippen LogP contribution in [0.4, 0.5) is 0 Å². The number of carboxylic acids is 1. The standard InChI is InChI=1S/C15H17NO2/c17-15(18)9-11-16-10-8-13-6-3-5-12-4-1-2-7-14(12)13/h1-7,16H,8-11H2,(H,17,18). The molecule has 0 saturated carbocycles. The van der Waals surface area contributed by atoms with Gasteiger partial charge in [0.25, 0.3) is 0 Å². The summed E-state index contributed by atoms with van der Waals surface area (Å²) >= 11 is 0. The van der Waals surface area contributed by atoms with Crippen LogP contribution in [0.1, 0.15) is 12.0 Å². The Morgan fingerprint density at radius 2 is 1.83 bits per heavy atom. The molecule has 0 atom stereocenters. The first-order chi connectivity index (χ1) is 8.77. The first-order valence-corrected chi connectivity index (χ1v) is 6.16. The van der Waals surface area contributed by atoms with Crippen molar-refractivity contribution in [2.24, 2.45) is 0 Å². The van der Waals surface area contributed by atoms with Crippen molar-refractivity contribution in [3.63, 3.8) is 0 Å². The molecule has 0 saturated heterocycles. The van der Waals surface area contributed by atoms with Gasteiger partial charge in [-0.15, -0.1) is 0 Å². The fourth-order valence-electron chi connectivity index (χ4n) is 2.05. The molecule has 0 unspecified atom stereocenters. The molecular weight excluding hydrogens is 226 g/mol. The van der Waals surface area contributed by atoms with Gasteiger partial charge in [0, 0.05) is 6.54 Å². The molecule has 0 aliphatic carbocycles. The molecule has 2 aromatic carbocycles. The number of carbonyl (C=O) groups is 1. The monoisotopic (exact) mass is 243 g/mol. The maximum absolute atomic E-state index is 10.4. The molecule has 2 N–H and O–H groups in total.